The van der Waals surface area contributed by atoms with Crippen molar-refractivity contribution in [2.45, 2.75) is 26.1 Å². The van der Waals surface area contributed by atoms with Crippen LogP contribution in [0.25, 0.3) is 11.5 Å². The largest absolute Gasteiger partial charge is 0.387 e. The summed E-state index contributed by atoms with van der Waals surface area (Å²) in [5, 5.41) is 32.9. The van der Waals surface area contributed by atoms with Crippen molar-refractivity contribution in [1.29, 1.82) is 0 Å². The molecule has 3 aromatic heterocycles. The van der Waals surface area contributed by atoms with E-state index in [0.717, 1.165) is 6.20 Å². The average Bonchev–Trinajstić information content (AvgIpc) is 3.16. The molecule has 0 amide bonds. The maximum absolute atomic E-state index is 10.9. The minimum absolute atomic E-state index is 0.00741. The van der Waals surface area contributed by atoms with Crippen LogP contribution in [0.2, 0.25) is 0 Å². The average molecular weight is 331 g/mol. The molecule has 0 saturated heterocycles. The monoisotopic (exact) mass is 331 g/mol. The summed E-state index contributed by atoms with van der Waals surface area (Å²) in [6.45, 7) is 1.64. The molecular weight excluding hydrogens is 318 g/mol. The lowest BCUT2D eigenvalue weighted by atomic mass is 10.3. The van der Waals surface area contributed by atoms with Gasteiger partial charge in [0.05, 0.1) is 6.54 Å². The second-order valence-corrected chi connectivity index (χ2v) is 4.95. The second kappa shape index (κ2) is 6.45. The number of imidazole rings is 1. The Labute approximate surface area is 135 Å². The van der Waals surface area contributed by atoms with Gasteiger partial charge in [-0.25, -0.2) is 19.5 Å². The molecule has 0 aliphatic heterocycles. The molecule has 3 aromatic rings. The Bertz CT molecular complexity index is 845. The van der Waals surface area contributed by atoms with Crippen molar-refractivity contribution < 1.29 is 10.0 Å². The first-order valence-corrected chi connectivity index (χ1v) is 6.93. The molecule has 124 valence electrons. The molecule has 0 aromatic carbocycles. The molecule has 1 unspecified atom stereocenters. The minimum atomic E-state index is -0.955. The van der Waals surface area contributed by atoms with E-state index in [1.807, 2.05) is 0 Å². The lowest BCUT2D eigenvalue weighted by molar-refractivity contribution is -0.392. The Morgan fingerprint density at radius 2 is 2.21 bits per heavy atom. The van der Waals surface area contributed by atoms with Gasteiger partial charge in [-0.05, 0) is 16.2 Å². The van der Waals surface area contributed by atoms with Crippen LogP contribution in [0, 0.1) is 17.0 Å². The molecule has 24 heavy (non-hydrogen) atoms. The van der Waals surface area contributed by atoms with E-state index in [2.05, 4.69) is 30.4 Å². The smallest absolute Gasteiger partial charge is 0.342 e. The van der Waals surface area contributed by atoms with Gasteiger partial charge in [0.25, 0.3) is 0 Å². The van der Waals surface area contributed by atoms with Crippen LogP contribution in [-0.2, 0) is 13.1 Å². The Hall–Kier alpha value is -3.28. The number of tetrazole rings is 1. The third-order valence-electron chi connectivity index (χ3n) is 3.25. The van der Waals surface area contributed by atoms with Gasteiger partial charge in [0, 0.05) is 13.1 Å². The van der Waals surface area contributed by atoms with Crippen molar-refractivity contribution in [3.05, 3.63) is 40.7 Å². The summed E-state index contributed by atoms with van der Waals surface area (Å²) in [5.74, 6) is 0.558. The van der Waals surface area contributed by atoms with Gasteiger partial charge in [-0.2, -0.15) is 4.80 Å². The number of hydrogen-bond acceptors (Lipinski definition) is 9. The van der Waals surface area contributed by atoms with E-state index in [1.54, 1.807) is 19.2 Å². The van der Waals surface area contributed by atoms with Gasteiger partial charge in [-0.1, -0.05) is 0 Å². The van der Waals surface area contributed by atoms with E-state index in [-0.39, 0.29) is 18.9 Å². The lowest BCUT2D eigenvalue weighted by Crippen LogP contribution is -2.24. The highest BCUT2D eigenvalue weighted by atomic mass is 16.6. The van der Waals surface area contributed by atoms with E-state index in [4.69, 9.17) is 0 Å². The molecule has 0 saturated carbocycles. The van der Waals surface area contributed by atoms with Crippen LogP contribution >= 0.6 is 0 Å². The molecule has 3 heterocycles. The van der Waals surface area contributed by atoms with Gasteiger partial charge in [-0.15, -0.1) is 10.2 Å². The van der Waals surface area contributed by atoms with Crippen molar-refractivity contribution in [2.75, 3.05) is 0 Å². The summed E-state index contributed by atoms with van der Waals surface area (Å²) >= 11 is 0. The van der Waals surface area contributed by atoms with Crippen LogP contribution in [0.15, 0.2) is 24.8 Å². The first-order chi connectivity index (χ1) is 11.5. The molecule has 0 spiro atoms. The highest BCUT2D eigenvalue weighted by molar-refractivity contribution is 5.45. The molecule has 0 bridgehead atoms. The number of aryl methyl sites for hydroxylation is 1. The van der Waals surface area contributed by atoms with Crippen molar-refractivity contribution in [3.8, 4) is 11.5 Å². The van der Waals surface area contributed by atoms with Crippen molar-refractivity contribution in [2.24, 2.45) is 0 Å². The summed E-state index contributed by atoms with van der Waals surface area (Å²) in [4.78, 5) is 23.3. The third kappa shape index (κ3) is 3.22. The number of rotatable bonds is 6. The van der Waals surface area contributed by atoms with Crippen LogP contribution in [-0.4, -0.2) is 55.9 Å². The topological polar surface area (TPSA) is 151 Å². The van der Waals surface area contributed by atoms with Crippen molar-refractivity contribution >= 4 is 5.82 Å². The van der Waals surface area contributed by atoms with Gasteiger partial charge >= 0.3 is 5.82 Å². The molecule has 12 nitrogen and oxygen atoms in total. The van der Waals surface area contributed by atoms with E-state index in [9.17, 15) is 15.2 Å². The Kier molecular flexibility index (Phi) is 4.20. The van der Waals surface area contributed by atoms with Gasteiger partial charge in [-0.3, -0.25) is 0 Å². The standard InChI is InChI=1S/C12H13N9O3/c1-8-14-4-11(21(23)24)19(8)5-9(22)6-20-17-12(16-18-20)10-2-3-13-7-15-10/h2-4,7,9,22H,5-6H2,1H3. The number of nitrogens with zero attached hydrogens (tertiary/aromatic N) is 9. The van der Waals surface area contributed by atoms with Crippen LogP contribution in [0.4, 0.5) is 5.82 Å². The third-order valence-corrected chi connectivity index (χ3v) is 3.25. The maximum Gasteiger partial charge on any atom is 0.342 e. The lowest BCUT2D eigenvalue weighted by Gasteiger charge is -2.09. The first kappa shape index (κ1) is 15.6. The number of aliphatic hydroxyl groups excluding tert-OH is 1. The van der Waals surface area contributed by atoms with E-state index < -0.39 is 11.0 Å². The summed E-state index contributed by atoms with van der Waals surface area (Å²) in [5.41, 5.74) is 0.506. The Balaban J connectivity index is 1.70. The molecule has 0 aliphatic carbocycles. The van der Waals surface area contributed by atoms with Crippen LogP contribution in [0.1, 0.15) is 5.82 Å². The molecule has 0 fully saturated rings. The van der Waals surface area contributed by atoms with E-state index in [1.165, 1.54) is 15.7 Å². The molecular formula is C12H13N9O3. The Morgan fingerprint density at radius 1 is 1.38 bits per heavy atom. The van der Waals surface area contributed by atoms with Gasteiger partial charge in [0.2, 0.25) is 5.82 Å². The van der Waals surface area contributed by atoms with E-state index in [0.29, 0.717) is 17.3 Å². The predicted octanol–water partition coefficient (Wildman–Crippen LogP) is -0.396. The zero-order valence-corrected chi connectivity index (χ0v) is 12.6. The number of aromatic nitrogens is 8. The normalized spacial score (nSPS) is 12.2. The molecule has 1 N–H and O–H groups in total. The fourth-order valence-electron chi connectivity index (χ4n) is 2.13. The molecule has 3 rings (SSSR count). The highest BCUT2D eigenvalue weighted by Gasteiger charge is 2.21. The fraction of sp³-hybridized carbons (Fsp3) is 0.333. The number of nitro groups is 1. The SMILES string of the molecule is Cc1ncc([N+](=O)[O-])n1CC(O)Cn1nnc(-c2ccncn2)n1. The Morgan fingerprint density at radius 3 is 2.92 bits per heavy atom. The summed E-state index contributed by atoms with van der Waals surface area (Å²) in [6, 6.07) is 1.63. The number of hydrogen-bond donors (Lipinski definition) is 1. The summed E-state index contributed by atoms with van der Waals surface area (Å²) in [6.07, 6.45) is 3.12. The van der Waals surface area contributed by atoms with Gasteiger partial charge < -0.3 is 15.2 Å². The van der Waals surface area contributed by atoms with Crippen LogP contribution < -0.4 is 0 Å². The quantitative estimate of drug-likeness (QED) is 0.470. The van der Waals surface area contributed by atoms with Crippen LogP contribution in [0.3, 0.4) is 0 Å². The van der Waals surface area contributed by atoms with Gasteiger partial charge in [0.1, 0.15) is 30.9 Å². The number of aliphatic hydroxyl groups is 1. The van der Waals surface area contributed by atoms with Gasteiger partial charge in [0.15, 0.2) is 5.82 Å². The first-order valence-electron chi connectivity index (χ1n) is 6.93. The molecule has 0 radical (unpaired) electrons. The molecule has 1 atom stereocenters. The predicted molar refractivity (Wildman–Crippen MR) is 78.5 cm³/mol. The second-order valence-electron chi connectivity index (χ2n) is 4.95. The fourth-order valence-corrected chi connectivity index (χ4v) is 2.13. The zero-order valence-electron chi connectivity index (χ0n) is 12.6. The highest BCUT2D eigenvalue weighted by Crippen LogP contribution is 2.14. The summed E-state index contributed by atoms with van der Waals surface area (Å²) < 4.78 is 1.33. The van der Waals surface area contributed by atoms with E-state index >= 15 is 0 Å². The molecule has 12 heteroatoms. The zero-order chi connectivity index (χ0) is 17.1. The van der Waals surface area contributed by atoms with Crippen molar-refractivity contribution in [1.82, 2.24) is 39.7 Å². The molecule has 0 aliphatic rings. The summed E-state index contributed by atoms with van der Waals surface area (Å²) in [7, 11) is 0. The van der Waals surface area contributed by atoms with Crippen LogP contribution in [0.5, 0.6) is 0 Å². The van der Waals surface area contributed by atoms with Crippen molar-refractivity contribution in [3.63, 3.8) is 0 Å². The maximum atomic E-state index is 10.9. The minimum Gasteiger partial charge on any atom is -0.387 e.